The Labute approximate surface area is 108 Å². The zero-order chi connectivity index (χ0) is 13.6. The molecule has 0 saturated heterocycles. The minimum atomic E-state index is 0.500. The average Bonchev–Trinajstić information content (AvgIpc) is 2.58. The third-order valence-electron chi connectivity index (χ3n) is 0.425. The predicted molar refractivity (Wildman–Crippen MR) is 81.3 cm³/mol. The normalized spacial score (nSPS) is 8.88. The molecule has 1 aromatic heterocycles. The van der Waals surface area contributed by atoms with Gasteiger partial charge in [-0.15, -0.1) is 0 Å². The summed E-state index contributed by atoms with van der Waals surface area (Å²) in [5.74, 6) is 0.833. The van der Waals surface area contributed by atoms with Gasteiger partial charge in [-0.3, -0.25) is 0 Å². The van der Waals surface area contributed by atoms with Crippen LogP contribution in [0, 0.1) is 11.3 Å². The lowest BCUT2D eigenvalue weighted by molar-refractivity contribution is 0.469. The van der Waals surface area contributed by atoms with Crippen LogP contribution in [0.4, 0.5) is 0 Å². The van der Waals surface area contributed by atoms with Gasteiger partial charge in [0.1, 0.15) is 0 Å². The van der Waals surface area contributed by atoms with Gasteiger partial charge in [0.05, 0.1) is 0 Å². The highest BCUT2D eigenvalue weighted by Crippen LogP contribution is 2.08. The lowest BCUT2D eigenvalue weighted by Gasteiger charge is -2.05. The SMILES string of the molecule is CC.CC(C)(C)C.CC(C)C.c1ccsc1. The Kier molecular flexibility index (Phi) is 19.3. The summed E-state index contributed by atoms with van der Waals surface area (Å²) >= 11 is 1.71. The van der Waals surface area contributed by atoms with Crippen molar-refractivity contribution in [2.45, 2.75) is 62.3 Å². The lowest BCUT2D eigenvalue weighted by atomic mass is 10.0. The van der Waals surface area contributed by atoms with E-state index in [4.69, 9.17) is 0 Å². The van der Waals surface area contributed by atoms with E-state index in [2.05, 4.69) is 48.5 Å². The molecule has 1 heterocycles. The van der Waals surface area contributed by atoms with Crippen molar-refractivity contribution in [3.63, 3.8) is 0 Å². The van der Waals surface area contributed by atoms with E-state index >= 15 is 0 Å². The second-order valence-corrected chi connectivity index (χ2v) is 6.34. The fourth-order valence-corrected chi connectivity index (χ4v) is 0.680. The van der Waals surface area contributed by atoms with Crippen LogP contribution < -0.4 is 0 Å². The van der Waals surface area contributed by atoms with Crippen LogP contribution in [0.3, 0.4) is 0 Å². The van der Waals surface area contributed by atoms with Gasteiger partial charge < -0.3 is 0 Å². The Hall–Kier alpha value is -0.300. The van der Waals surface area contributed by atoms with E-state index in [-0.39, 0.29) is 0 Å². The van der Waals surface area contributed by atoms with Gasteiger partial charge in [-0.25, -0.2) is 0 Å². The molecule has 98 valence electrons. The van der Waals surface area contributed by atoms with Crippen molar-refractivity contribution in [2.24, 2.45) is 11.3 Å². The average molecular weight is 244 g/mol. The van der Waals surface area contributed by atoms with Crippen LogP contribution in [-0.4, -0.2) is 0 Å². The van der Waals surface area contributed by atoms with Gasteiger partial charge in [-0.1, -0.05) is 74.4 Å². The minimum absolute atomic E-state index is 0.500. The quantitative estimate of drug-likeness (QED) is 0.489. The van der Waals surface area contributed by atoms with Gasteiger partial charge in [0.2, 0.25) is 0 Å². The molecular formula is C15H32S. The second-order valence-electron chi connectivity index (χ2n) is 5.53. The maximum atomic E-state index is 2.19. The fraction of sp³-hybridized carbons (Fsp3) is 0.733. The van der Waals surface area contributed by atoms with Gasteiger partial charge in [0.25, 0.3) is 0 Å². The maximum absolute atomic E-state index is 2.19. The van der Waals surface area contributed by atoms with Gasteiger partial charge in [-0.2, -0.15) is 11.3 Å². The van der Waals surface area contributed by atoms with E-state index in [1.807, 2.05) is 36.7 Å². The van der Waals surface area contributed by atoms with Crippen molar-refractivity contribution in [1.82, 2.24) is 0 Å². The Balaban J connectivity index is -0.000000148. The van der Waals surface area contributed by atoms with Crippen LogP contribution in [0.2, 0.25) is 0 Å². The first-order valence-electron chi connectivity index (χ1n) is 6.20. The van der Waals surface area contributed by atoms with Crippen molar-refractivity contribution in [1.29, 1.82) is 0 Å². The smallest absolute Gasteiger partial charge is 0.00934 e. The van der Waals surface area contributed by atoms with E-state index in [1.54, 1.807) is 11.3 Å². The van der Waals surface area contributed by atoms with Crippen LogP contribution in [-0.2, 0) is 0 Å². The molecular weight excluding hydrogens is 212 g/mol. The van der Waals surface area contributed by atoms with Gasteiger partial charge in [0.15, 0.2) is 0 Å². The molecule has 0 amide bonds. The molecule has 16 heavy (non-hydrogen) atoms. The number of hydrogen-bond donors (Lipinski definition) is 0. The molecule has 0 bridgehead atoms. The Morgan fingerprint density at radius 1 is 0.812 bits per heavy atom. The molecule has 0 aliphatic heterocycles. The molecule has 1 heteroatoms. The third-order valence-corrected chi connectivity index (χ3v) is 1.05. The molecule has 0 radical (unpaired) electrons. The second kappa shape index (κ2) is 14.7. The Morgan fingerprint density at radius 3 is 1.06 bits per heavy atom. The molecule has 0 nitrogen and oxygen atoms in total. The number of hydrogen-bond acceptors (Lipinski definition) is 1. The van der Waals surface area contributed by atoms with Crippen LogP contribution in [0.15, 0.2) is 22.9 Å². The summed E-state index contributed by atoms with van der Waals surface area (Å²) in [7, 11) is 0. The summed E-state index contributed by atoms with van der Waals surface area (Å²) in [4.78, 5) is 0. The van der Waals surface area contributed by atoms with Crippen molar-refractivity contribution in [3.8, 4) is 0 Å². The monoisotopic (exact) mass is 244 g/mol. The molecule has 1 aromatic rings. The van der Waals surface area contributed by atoms with E-state index in [0.717, 1.165) is 5.92 Å². The minimum Gasteiger partial charge on any atom is -0.152 e. The molecule has 0 aliphatic carbocycles. The molecule has 0 spiro atoms. The van der Waals surface area contributed by atoms with Crippen LogP contribution in [0.5, 0.6) is 0 Å². The number of thiophene rings is 1. The summed E-state index contributed by atoms with van der Waals surface area (Å²) < 4.78 is 0. The first-order valence-corrected chi connectivity index (χ1v) is 7.15. The fourth-order valence-electron chi connectivity index (χ4n) is 0.227. The molecule has 0 atom stereocenters. The summed E-state index contributed by atoms with van der Waals surface area (Å²) in [6.45, 7) is 19.2. The molecule has 1 rings (SSSR count). The summed E-state index contributed by atoms with van der Waals surface area (Å²) in [5.41, 5.74) is 0.500. The first-order chi connectivity index (χ1) is 7.23. The van der Waals surface area contributed by atoms with Crippen LogP contribution in [0.25, 0.3) is 0 Å². The highest BCUT2D eigenvalue weighted by molar-refractivity contribution is 7.07. The molecule has 0 aromatic carbocycles. The largest absolute Gasteiger partial charge is 0.152 e. The molecule has 0 fully saturated rings. The molecule has 0 aliphatic rings. The first kappa shape index (κ1) is 21.0. The van der Waals surface area contributed by atoms with Crippen molar-refractivity contribution >= 4 is 11.3 Å². The standard InChI is InChI=1S/C5H12.C4H4S.C4H10.C2H6/c1-5(2,3)4;1-2-4-5-3-1;1-4(2)3;1-2/h1-4H3;1-4H;4H,1-3H3;1-2H3. The van der Waals surface area contributed by atoms with Gasteiger partial charge in [-0.05, 0) is 22.1 Å². The lowest BCUT2D eigenvalue weighted by Crippen LogP contribution is -1.93. The number of rotatable bonds is 0. The molecule has 0 saturated carbocycles. The summed E-state index contributed by atoms with van der Waals surface area (Å²) in [6, 6.07) is 4.04. The maximum Gasteiger partial charge on any atom is -0.00934 e. The highest BCUT2D eigenvalue weighted by atomic mass is 32.1. The predicted octanol–water partition coefficient (Wildman–Crippen LogP) is 6.49. The Bertz CT molecular complexity index is 142. The van der Waals surface area contributed by atoms with Gasteiger partial charge >= 0.3 is 0 Å². The summed E-state index contributed by atoms with van der Waals surface area (Å²) in [5, 5.41) is 4.08. The van der Waals surface area contributed by atoms with Crippen molar-refractivity contribution in [2.75, 3.05) is 0 Å². The summed E-state index contributed by atoms with van der Waals surface area (Å²) in [6.07, 6.45) is 0. The van der Waals surface area contributed by atoms with Crippen LogP contribution >= 0.6 is 11.3 Å². The molecule has 0 N–H and O–H groups in total. The van der Waals surface area contributed by atoms with E-state index in [1.165, 1.54) is 0 Å². The van der Waals surface area contributed by atoms with E-state index in [9.17, 15) is 0 Å². The topological polar surface area (TPSA) is 0 Å². The van der Waals surface area contributed by atoms with Crippen molar-refractivity contribution in [3.05, 3.63) is 22.9 Å². The van der Waals surface area contributed by atoms with Crippen molar-refractivity contribution < 1.29 is 0 Å². The zero-order valence-corrected chi connectivity index (χ0v) is 13.6. The van der Waals surface area contributed by atoms with Gasteiger partial charge in [0, 0.05) is 0 Å². The zero-order valence-electron chi connectivity index (χ0n) is 12.8. The van der Waals surface area contributed by atoms with E-state index < -0.39 is 0 Å². The highest BCUT2D eigenvalue weighted by Gasteiger charge is 1.95. The van der Waals surface area contributed by atoms with E-state index in [0.29, 0.717) is 5.41 Å². The third kappa shape index (κ3) is 100. The van der Waals surface area contributed by atoms with Crippen LogP contribution in [0.1, 0.15) is 62.3 Å². The molecule has 0 unspecified atom stereocenters. The Morgan fingerprint density at radius 2 is 1.00 bits per heavy atom.